The van der Waals surface area contributed by atoms with Crippen LogP contribution in [0.15, 0.2) is 42.2 Å². The third-order valence-electron chi connectivity index (χ3n) is 4.33. The summed E-state index contributed by atoms with van der Waals surface area (Å²) in [5.74, 6) is -0.298. The summed E-state index contributed by atoms with van der Waals surface area (Å²) in [6.45, 7) is 12.6. The van der Waals surface area contributed by atoms with Gasteiger partial charge in [0.1, 0.15) is 0 Å². The third-order valence-corrected chi connectivity index (χ3v) is 4.33. The average molecular weight is 354 g/mol. The fourth-order valence-electron chi connectivity index (χ4n) is 2.26. The Morgan fingerprint density at radius 1 is 1.42 bits per heavy atom. The lowest BCUT2D eigenvalue weighted by Gasteiger charge is -2.26. The smallest absolute Gasteiger partial charge is 0.255 e. The number of rotatable bonds is 6. The largest absolute Gasteiger partial charge is 0.388 e. The number of aromatic amines is 1. The van der Waals surface area contributed by atoms with Gasteiger partial charge in [0.05, 0.1) is 28.6 Å². The van der Waals surface area contributed by atoms with Crippen molar-refractivity contribution < 1.29 is 9.90 Å². The third kappa shape index (κ3) is 4.46. The number of aryl methyl sites for hydroxylation is 2. The van der Waals surface area contributed by atoms with E-state index in [1.165, 1.54) is 0 Å². The van der Waals surface area contributed by atoms with E-state index in [-0.39, 0.29) is 5.91 Å². The Bertz CT molecular complexity index is 826. The Balaban J connectivity index is 2.38. The maximum absolute atomic E-state index is 12.6. The van der Waals surface area contributed by atoms with Crippen molar-refractivity contribution in [3.63, 3.8) is 0 Å². The summed E-state index contributed by atoms with van der Waals surface area (Å²) < 4.78 is 0. The van der Waals surface area contributed by atoms with Crippen LogP contribution in [0.1, 0.15) is 48.1 Å². The number of nitrogens with one attached hydrogen (secondary N) is 2. The predicted molar refractivity (Wildman–Crippen MR) is 104 cm³/mol. The summed E-state index contributed by atoms with van der Waals surface area (Å²) in [7, 11) is 0. The Kier molecular flexibility index (Phi) is 5.77. The first-order valence-corrected chi connectivity index (χ1v) is 8.49. The van der Waals surface area contributed by atoms with E-state index in [1.54, 1.807) is 39.2 Å². The molecule has 0 bridgehead atoms. The molecule has 0 saturated heterocycles. The van der Waals surface area contributed by atoms with Crippen LogP contribution in [0.25, 0.3) is 0 Å². The summed E-state index contributed by atoms with van der Waals surface area (Å²) in [6, 6.07) is 3.40. The molecule has 3 N–H and O–H groups in total. The molecule has 1 amide bonds. The van der Waals surface area contributed by atoms with Crippen molar-refractivity contribution in [1.82, 2.24) is 15.3 Å². The number of aliphatic imine (C=N–C) groups is 1. The van der Waals surface area contributed by atoms with E-state index >= 15 is 0 Å². The van der Waals surface area contributed by atoms with E-state index in [0.29, 0.717) is 17.0 Å². The molecule has 0 aliphatic rings. The molecule has 0 unspecified atom stereocenters. The Morgan fingerprint density at radius 3 is 2.65 bits per heavy atom. The van der Waals surface area contributed by atoms with Crippen molar-refractivity contribution in [2.45, 2.75) is 46.3 Å². The van der Waals surface area contributed by atoms with Gasteiger partial charge in [-0.05, 0) is 52.8 Å². The molecule has 0 saturated carbocycles. The molecule has 0 fully saturated rings. The van der Waals surface area contributed by atoms with Crippen LogP contribution in [0.2, 0.25) is 0 Å². The van der Waals surface area contributed by atoms with Crippen LogP contribution in [0.4, 0.5) is 5.69 Å². The lowest BCUT2D eigenvalue weighted by Crippen LogP contribution is -2.47. The Hall–Kier alpha value is -2.73. The second-order valence-corrected chi connectivity index (χ2v) is 6.91. The summed E-state index contributed by atoms with van der Waals surface area (Å²) in [4.78, 5) is 24.6. The van der Waals surface area contributed by atoms with Crippen LogP contribution in [0.5, 0.6) is 0 Å². The van der Waals surface area contributed by atoms with E-state index in [2.05, 4.69) is 26.9 Å². The van der Waals surface area contributed by atoms with Crippen molar-refractivity contribution >= 4 is 17.3 Å². The van der Waals surface area contributed by atoms with Gasteiger partial charge in [-0.3, -0.25) is 9.78 Å². The highest BCUT2D eigenvalue weighted by Gasteiger charge is 2.26. The van der Waals surface area contributed by atoms with Crippen LogP contribution in [-0.2, 0) is 0 Å². The molecule has 138 valence electrons. The van der Waals surface area contributed by atoms with Gasteiger partial charge < -0.3 is 15.4 Å². The SMILES string of the molecule is C=C/C(=N\c1c(C(=O)N[C@@H](C)C(C)(C)O)c[nH]c1C)c1ccc(C)nc1. The normalized spacial score (nSPS) is 13.4. The van der Waals surface area contributed by atoms with Crippen LogP contribution in [0.3, 0.4) is 0 Å². The number of aromatic nitrogens is 2. The minimum Gasteiger partial charge on any atom is -0.388 e. The zero-order valence-electron chi connectivity index (χ0n) is 15.9. The summed E-state index contributed by atoms with van der Waals surface area (Å²) in [5, 5.41) is 12.9. The molecule has 6 heteroatoms. The molecule has 0 aliphatic heterocycles. The van der Waals surface area contributed by atoms with Gasteiger partial charge in [-0.15, -0.1) is 0 Å². The van der Waals surface area contributed by atoms with Crippen LogP contribution >= 0.6 is 0 Å². The number of H-pyrrole nitrogens is 1. The first-order valence-electron chi connectivity index (χ1n) is 8.49. The zero-order valence-corrected chi connectivity index (χ0v) is 15.9. The molecule has 2 heterocycles. The first kappa shape index (κ1) is 19.6. The highest BCUT2D eigenvalue weighted by Crippen LogP contribution is 2.25. The number of hydrogen-bond donors (Lipinski definition) is 3. The Labute approximate surface area is 154 Å². The molecule has 0 aliphatic carbocycles. The van der Waals surface area contributed by atoms with Crippen molar-refractivity contribution in [2.24, 2.45) is 4.99 Å². The quantitative estimate of drug-likeness (QED) is 0.696. The number of allylic oxidation sites excluding steroid dienone is 1. The van der Waals surface area contributed by atoms with Gasteiger partial charge in [-0.2, -0.15) is 0 Å². The minimum atomic E-state index is -1.02. The highest BCUT2D eigenvalue weighted by atomic mass is 16.3. The number of carbonyl (C=O) groups excluding carboxylic acids is 1. The van der Waals surface area contributed by atoms with Crippen LogP contribution < -0.4 is 5.32 Å². The monoisotopic (exact) mass is 354 g/mol. The Morgan fingerprint density at radius 2 is 2.12 bits per heavy atom. The van der Waals surface area contributed by atoms with E-state index < -0.39 is 11.6 Å². The first-order chi connectivity index (χ1) is 12.1. The number of aliphatic hydroxyl groups is 1. The number of amides is 1. The fourth-order valence-corrected chi connectivity index (χ4v) is 2.26. The zero-order chi connectivity index (χ0) is 19.5. The molecule has 1 atom stereocenters. The second kappa shape index (κ2) is 7.66. The van der Waals surface area contributed by atoms with E-state index in [9.17, 15) is 9.90 Å². The lowest BCUT2D eigenvalue weighted by molar-refractivity contribution is 0.0409. The molecular formula is C20H26N4O2. The van der Waals surface area contributed by atoms with E-state index in [0.717, 1.165) is 17.0 Å². The van der Waals surface area contributed by atoms with Crippen LogP contribution in [-0.4, -0.2) is 38.3 Å². The van der Waals surface area contributed by atoms with Crippen molar-refractivity contribution in [2.75, 3.05) is 0 Å². The summed E-state index contributed by atoms with van der Waals surface area (Å²) >= 11 is 0. The van der Waals surface area contributed by atoms with Crippen LogP contribution in [0, 0.1) is 13.8 Å². The van der Waals surface area contributed by atoms with Crippen molar-refractivity contribution in [3.05, 3.63) is 59.7 Å². The van der Waals surface area contributed by atoms with Crippen molar-refractivity contribution in [3.8, 4) is 0 Å². The van der Waals surface area contributed by atoms with E-state index in [1.807, 2.05) is 26.0 Å². The molecular weight excluding hydrogens is 328 g/mol. The molecule has 0 aromatic carbocycles. The van der Waals surface area contributed by atoms with Gasteiger partial charge in [0.15, 0.2) is 0 Å². The summed E-state index contributed by atoms with van der Waals surface area (Å²) in [6.07, 6.45) is 4.99. The maximum Gasteiger partial charge on any atom is 0.255 e. The highest BCUT2D eigenvalue weighted by molar-refractivity contribution is 6.11. The van der Waals surface area contributed by atoms with Gasteiger partial charge in [0.2, 0.25) is 0 Å². The number of hydrogen-bond acceptors (Lipinski definition) is 4. The fraction of sp³-hybridized carbons (Fsp3) is 0.350. The molecule has 26 heavy (non-hydrogen) atoms. The maximum atomic E-state index is 12.6. The van der Waals surface area contributed by atoms with Crippen molar-refractivity contribution in [1.29, 1.82) is 0 Å². The lowest BCUT2D eigenvalue weighted by atomic mass is 10.0. The summed E-state index contributed by atoms with van der Waals surface area (Å²) in [5.41, 5.74) is 3.07. The number of pyridine rings is 1. The second-order valence-electron chi connectivity index (χ2n) is 6.91. The predicted octanol–water partition coefficient (Wildman–Crippen LogP) is 3.22. The number of nitrogens with zero attached hydrogens (tertiary/aromatic N) is 2. The molecule has 6 nitrogen and oxygen atoms in total. The number of carbonyl (C=O) groups is 1. The minimum absolute atomic E-state index is 0.298. The standard InChI is InChI=1S/C20H26N4O2/c1-7-17(15-9-8-12(2)21-10-15)24-18-13(3)22-11-16(18)19(25)23-14(4)20(5,6)26/h7-11,14,22,26H,1H2,2-6H3,(H,23,25)/b24-17+/t14-/m0/s1. The molecule has 2 aromatic rings. The molecule has 0 radical (unpaired) electrons. The van der Waals surface area contributed by atoms with Gasteiger partial charge in [0, 0.05) is 29.3 Å². The molecule has 2 aromatic heterocycles. The molecule has 0 spiro atoms. The van der Waals surface area contributed by atoms with Gasteiger partial charge in [-0.1, -0.05) is 6.58 Å². The van der Waals surface area contributed by atoms with Gasteiger partial charge in [-0.25, -0.2) is 4.99 Å². The van der Waals surface area contributed by atoms with Gasteiger partial charge >= 0.3 is 0 Å². The average Bonchev–Trinajstić information content (AvgIpc) is 2.93. The topological polar surface area (TPSA) is 90.4 Å². The van der Waals surface area contributed by atoms with E-state index in [4.69, 9.17) is 0 Å². The molecule has 2 rings (SSSR count). The van der Waals surface area contributed by atoms with Gasteiger partial charge in [0.25, 0.3) is 5.91 Å².